The molecule has 1 saturated carbocycles. The van der Waals surface area contributed by atoms with Gasteiger partial charge in [-0.1, -0.05) is 20.8 Å². The van der Waals surface area contributed by atoms with Crippen molar-refractivity contribution in [3.63, 3.8) is 0 Å². The summed E-state index contributed by atoms with van der Waals surface area (Å²) >= 11 is 0. The third-order valence-corrected chi connectivity index (χ3v) is 2.61. The fourth-order valence-corrected chi connectivity index (χ4v) is 1.23. The highest BCUT2D eigenvalue weighted by Crippen LogP contribution is 2.56. The van der Waals surface area contributed by atoms with Crippen molar-refractivity contribution in [2.24, 2.45) is 17.3 Å². The van der Waals surface area contributed by atoms with E-state index in [1.54, 1.807) is 0 Å². The van der Waals surface area contributed by atoms with E-state index in [9.17, 15) is 4.79 Å². The zero-order valence-corrected chi connectivity index (χ0v) is 5.64. The molecular formula is C7H12O. The third kappa shape index (κ3) is 0.504. The zero-order chi connectivity index (χ0) is 6.36. The van der Waals surface area contributed by atoms with Crippen LogP contribution in [0.3, 0.4) is 0 Å². The molecule has 0 aliphatic heterocycles. The Balaban J connectivity index is 2.57. The molecule has 0 aromatic heterocycles. The molecule has 0 heterocycles. The van der Waals surface area contributed by atoms with Crippen molar-refractivity contribution in [1.29, 1.82) is 0 Å². The molecule has 46 valence electrons. The molecule has 1 fully saturated rings. The second kappa shape index (κ2) is 1.34. The van der Waals surface area contributed by atoms with Crippen LogP contribution in [0.15, 0.2) is 0 Å². The van der Waals surface area contributed by atoms with Gasteiger partial charge in [0, 0.05) is 5.92 Å². The van der Waals surface area contributed by atoms with E-state index < -0.39 is 0 Å². The van der Waals surface area contributed by atoms with Gasteiger partial charge in [-0.15, -0.1) is 0 Å². The standard InChI is InChI=1S/C7H12O/c1-5-6(4-8)7(5,2)3/h4-6H,1-3H3/t5-,6+/m1/s1. The molecular weight excluding hydrogens is 100 g/mol. The molecule has 0 unspecified atom stereocenters. The molecule has 0 aromatic rings. The highest BCUT2D eigenvalue weighted by atomic mass is 16.1. The van der Waals surface area contributed by atoms with Crippen molar-refractivity contribution in [2.45, 2.75) is 20.8 Å². The summed E-state index contributed by atoms with van der Waals surface area (Å²) in [5.74, 6) is 0.947. The first-order valence-corrected chi connectivity index (χ1v) is 3.06. The van der Waals surface area contributed by atoms with Crippen LogP contribution in [-0.4, -0.2) is 6.29 Å². The average Bonchev–Trinajstić information content (AvgIpc) is 2.09. The lowest BCUT2D eigenvalue weighted by Crippen LogP contribution is -1.89. The number of hydrogen-bond acceptors (Lipinski definition) is 1. The molecule has 0 bridgehead atoms. The van der Waals surface area contributed by atoms with Gasteiger partial charge in [-0.2, -0.15) is 0 Å². The molecule has 1 heteroatoms. The highest BCUT2D eigenvalue weighted by molar-refractivity contribution is 5.60. The van der Waals surface area contributed by atoms with Gasteiger partial charge in [0.1, 0.15) is 6.29 Å². The summed E-state index contributed by atoms with van der Waals surface area (Å²) in [4.78, 5) is 10.2. The summed E-state index contributed by atoms with van der Waals surface area (Å²) in [6.45, 7) is 6.40. The molecule has 1 rings (SSSR count). The van der Waals surface area contributed by atoms with Crippen LogP contribution in [0.25, 0.3) is 0 Å². The molecule has 0 radical (unpaired) electrons. The van der Waals surface area contributed by atoms with Gasteiger partial charge in [-0.05, 0) is 11.3 Å². The van der Waals surface area contributed by atoms with Gasteiger partial charge in [0.25, 0.3) is 0 Å². The first-order valence-electron chi connectivity index (χ1n) is 3.06. The predicted molar refractivity (Wildman–Crippen MR) is 32.5 cm³/mol. The molecule has 0 spiro atoms. The SMILES string of the molecule is C[C@@H]1[C@H](C=O)C1(C)C. The van der Waals surface area contributed by atoms with E-state index in [1.807, 2.05) is 0 Å². The minimum atomic E-state index is 0.307. The summed E-state index contributed by atoms with van der Waals surface area (Å²) in [5.41, 5.74) is 0.307. The molecule has 1 aliphatic carbocycles. The molecule has 0 saturated heterocycles. The van der Waals surface area contributed by atoms with Gasteiger partial charge < -0.3 is 4.79 Å². The van der Waals surface area contributed by atoms with Crippen molar-refractivity contribution in [1.82, 2.24) is 0 Å². The zero-order valence-electron chi connectivity index (χ0n) is 5.64. The van der Waals surface area contributed by atoms with E-state index in [0.717, 1.165) is 6.29 Å². The Morgan fingerprint density at radius 1 is 1.50 bits per heavy atom. The van der Waals surface area contributed by atoms with Gasteiger partial charge in [-0.3, -0.25) is 0 Å². The second-order valence-corrected chi connectivity index (χ2v) is 3.27. The first kappa shape index (κ1) is 5.80. The summed E-state index contributed by atoms with van der Waals surface area (Å²) < 4.78 is 0. The number of carbonyl (C=O) groups excluding carboxylic acids is 1. The maximum Gasteiger partial charge on any atom is 0.123 e. The van der Waals surface area contributed by atoms with Crippen LogP contribution in [-0.2, 0) is 4.79 Å². The minimum Gasteiger partial charge on any atom is -0.303 e. The van der Waals surface area contributed by atoms with E-state index in [4.69, 9.17) is 0 Å². The normalized spacial score (nSPS) is 41.4. The average molecular weight is 112 g/mol. The van der Waals surface area contributed by atoms with Gasteiger partial charge in [0.2, 0.25) is 0 Å². The third-order valence-electron chi connectivity index (χ3n) is 2.61. The fourth-order valence-electron chi connectivity index (χ4n) is 1.23. The largest absolute Gasteiger partial charge is 0.303 e. The maximum absolute atomic E-state index is 10.2. The summed E-state index contributed by atoms with van der Waals surface area (Å²) in [7, 11) is 0. The van der Waals surface area contributed by atoms with Crippen molar-refractivity contribution < 1.29 is 4.79 Å². The van der Waals surface area contributed by atoms with E-state index in [-0.39, 0.29) is 0 Å². The Morgan fingerprint density at radius 2 is 1.88 bits per heavy atom. The molecule has 1 nitrogen and oxygen atoms in total. The van der Waals surface area contributed by atoms with Gasteiger partial charge in [0.05, 0.1) is 0 Å². The van der Waals surface area contributed by atoms with E-state index in [0.29, 0.717) is 17.3 Å². The Kier molecular flexibility index (Phi) is 0.969. The topological polar surface area (TPSA) is 17.1 Å². The lowest BCUT2D eigenvalue weighted by atomic mass is 10.1. The molecule has 8 heavy (non-hydrogen) atoms. The van der Waals surface area contributed by atoms with Crippen LogP contribution < -0.4 is 0 Å². The van der Waals surface area contributed by atoms with Crippen molar-refractivity contribution in [3.8, 4) is 0 Å². The second-order valence-electron chi connectivity index (χ2n) is 3.27. The minimum absolute atomic E-state index is 0.307. The first-order chi connectivity index (χ1) is 3.60. The molecule has 0 N–H and O–H groups in total. The number of aldehydes is 1. The van der Waals surface area contributed by atoms with Gasteiger partial charge >= 0.3 is 0 Å². The maximum atomic E-state index is 10.2. The number of hydrogen-bond donors (Lipinski definition) is 0. The van der Waals surface area contributed by atoms with E-state index in [1.165, 1.54) is 0 Å². The van der Waals surface area contributed by atoms with Crippen molar-refractivity contribution in [3.05, 3.63) is 0 Å². The molecule has 1 aliphatic rings. The van der Waals surface area contributed by atoms with Gasteiger partial charge in [-0.25, -0.2) is 0 Å². The van der Waals surface area contributed by atoms with Crippen LogP contribution in [0, 0.1) is 17.3 Å². The van der Waals surface area contributed by atoms with E-state index in [2.05, 4.69) is 20.8 Å². The van der Waals surface area contributed by atoms with Crippen LogP contribution in [0.1, 0.15) is 20.8 Å². The summed E-state index contributed by atoms with van der Waals surface area (Å²) in [6, 6.07) is 0. The predicted octanol–water partition coefficient (Wildman–Crippen LogP) is 1.48. The highest BCUT2D eigenvalue weighted by Gasteiger charge is 2.54. The van der Waals surface area contributed by atoms with Crippen molar-refractivity contribution >= 4 is 6.29 Å². The van der Waals surface area contributed by atoms with Gasteiger partial charge in [0.15, 0.2) is 0 Å². The smallest absolute Gasteiger partial charge is 0.123 e. The fraction of sp³-hybridized carbons (Fsp3) is 0.857. The van der Waals surface area contributed by atoms with E-state index >= 15 is 0 Å². The molecule has 2 atom stereocenters. The quantitative estimate of drug-likeness (QED) is 0.469. The lowest BCUT2D eigenvalue weighted by Gasteiger charge is -1.93. The Bertz CT molecular complexity index is 116. The number of rotatable bonds is 1. The van der Waals surface area contributed by atoms with Crippen LogP contribution in [0.5, 0.6) is 0 Å². The van der Waals surface area contributed by atoms with Crippen molar-refractivity contribution in [2.75, 3.05) is 0 Å². The Hall–Kier alpha value is -0.330. The van der Waals surface area contributed by atoms with Crippen LogP contribution >= 0.6 is 0 Å². The summed E-state index contributed by atoms with van der Waals surface area (Å²) in [6.07, 6.45) is 1.07. The monoisotopic (exact) mass is 112 g/mol. The van der Waals surface area contributed by atoms with Crippen LogP contribution in [0.2, 0.25) is 0 Å². The van der Waals surface area contributed by atoms with Crippen LogP contribution in [0.4, 0.5) is 0 Å². The molecule has 0 amide bonds. The summed E-state index contributed by atoms with van der Waals surface area (Å²) in [5, 5.41) is 0. The Morgan fingerprint density at radius 3 is 1.88 bits per heavy atom. The Labute approximate surface area is 50.1 Å². The number of carbonyl (C=O) groups is 1. The molecule has 0 aromatic carbocycles. The lowest BCUT2D eigenvalue weighted by molar-refractivity contribution is -0.109.